The summed E-state index contributed by atoms with van der Waals surface area (Å²) in [6.07, 6.45) is 0.531. The molecule has 0 N–H and O–H groups in total. The van der Waals surface area contributed by atoms with Gasteiger partial charge in [0.25, 0.3) is 5.91 Å². The fraction of sp³-hybridized carbons (Fsp3) is 0.381. The van der Waals surface area contributed by atoms with E-state index in [-0.39, 0.29) is 16.6 Å². The van der Waals surface area contributed by atoms with Crippen LogP contribution >= 0.6 is 0 Å². The van der Waals surface area contributed by atoms with Gasteiger partial charge in [-0.2, -0.15) is 0 Å². The predicted molar refractivity (Wildman–Crippen MR) is 106 cm³/mol. The van der Waals surface area contributed by atoms with Crippen LogP contribution in [-0.4, -0.2) is 56.1 Å². The number of carbonyl (C=O) groups excluding carboxylic acids is 1. The summed E-state index contributed by atoms with van der Waals surface area (Å²) in [5.74, 6) is -0.132. The highest BCUT2D eigenvalue weighted by atomic mass is 32.2. The van der Waals surface area contributed by atoms with Gasteiger partial charge in [0.2, 0.25) is 0 Å². The van der Waals surface area contributed by atoms with Crippen LogP contribution in [0.25, 0.3) is 0 Å². The Morgan fingerprint density at radius 1 is 0.926 bits per heavy atom. The van der Waals surface area contributed by atoms with Crippen LogP contribution in [0, 0.1) is 0 Å². The highest BCUT2D eigenvalue weighted by Gasteiger charge is 2.27. The van der Waals surface area contributed by atoms with Crippen molar-refractivity contribution < 1.29 is 13.2 Å². The maximum absolute atomic E-state index is 13.0. The maximum Gasteiger partial charge on any atom is 0.255 e. The first-order valence-electron chi connectivity index (χ1n) is 9.38. The summed E-state index contributed by atoms with van der Waals surface area (Å²) in [7, 11) is -3.43. The standard InChI is InChI=1S/C21H26N2O3S/c1-2-16-27(25,26)20-11-7-6-10-19(20)21(24)23-14-12-22(13-15-23)17-18-8-4-3-5-9-18/h3-11H,2,12-17H2,1H3. The largest absolute Gasteiger partial charge is 0.336 e. The van der Waals surface area contributed by atoms with Gasteiger partial charge < -0.3 is 4.90 Å². The van der Waals surface area contributed by atoms with Crippen molar-refractivity contribution in [2.45, 2.75) is 24.8 Å². The number of sulfone groups is 1. The lowest BCUT2D eigenvalue weighted by Gasteiger charge is -2.35. The molecule has 1 fully saturated rings. The van der Waals surface area contributed by atoms with Gasteiger partial charge in [0.1, 0.15) is 0 Å². The van der Waals surface area contributed by atoms with Crippen molar-refractivity contribution in [3.05, 3.63) is 65.7 Å². The maximum atomic E-state index is 13.0. The van der Waals surface area contributed by atoms with Crippen LogP contribution in [0.1, 0.15) is 29.3 Å². The van der Waals surface area contributed by atoms with Crippen LogP contribution in [0.5, 0.6) is 0 Å². The summed E-state index contributed by atoms with van der Waals surface area (Å²) >= 11 is 0. The van der Waals surface area contributed by atoms with E-state index in [1.54, 1.807) is 29.2 Å². The molecule has 0 atom stereocenters. The van der Waals surface area contributed by atoms with E-state index < -0.39 is 9.84 Å². The van der Waals surface area contributed by atoms with E-state index in [0.29, 0.717) is 25.1 Å². The van der Waals surface area contributed by atoms with E-state index in [0.717, 1.165) is 19.6 Å². The lowest BCUT2D eigenvalue weighted by molar-refractivity contribution is 0.0624. The molecular weight excluding hydrogens is 360 g/mol. The van der Waals surface area contributed by atoms with Gasteiger partial charge in [0, 0.05) is 32.7 Å². The molecule has 144 valence electrons. The minimum atomic E-state index is -3.43. The average Bonchev–Trinajstić information content (AvgIpc) is 2.69. The zero-order chi connectivity index (χ0) is 19.3. The van der Waals surface area contributed by atoms with E-state index >= 15 is 0 Å². The summed E-state index contributed by atoms with van der Waals surface area (Å²) in [4.78, 5) is 17.2. The summed E-state index contributed by atoms with van der Waals surface area (Å²) in [5.41, 5.74) is 1.55. The molecule has 1 aliphatic rings. The smallest absolute Gasteiger partial charge is 0.255 e. The number of carbonyl (C=O) groups is 1. The molecule has 0 bridgehead atoms. The predicted octanol–water partition coefficient (Wildman–Crippen LogP) is 2.83. The van der Waals surface area contributed by atoms with E-state index in [4.69, 9.17) is 0 Å². The van der Waals surface area contributed by atoms with Crippen LogP contribution in [0.3, 0.4) is 0 Å². The van der Waals surface area contributed by atoms with Crippen LogP contribution in [-0.2, 0) is 16.4 Å². The number of nitrogens with zero attached hydrogens (tertiary/aromatic N) is 2. The molecule has 1 heterocycles. The Morgan fingerprint density at radius 3 is 2.22 bits per heavy atom. The molecule has 0 radical (unpaired) electrons. The molecule has 1 aliphatic heterocycles. The minimum absolute atomic E-state index is 0.0577. The van der Waals surface area contributed by atoms with E-state index in [1.807, 2.05) is 25.1 Å². The quantitative estimate of drug-likeness (QED) is 0.766. The molecule has 0 spiro atoms. The van der Waals surface area contributed by atoms with E-state index in [1.165, 1.54) is 5.56 Å². The van der Waals surface area contributed by atoms with Crippen molar-refractivity contribution in [1.29, 1.82) is 0 Å². The molecular formula is C21H26N2O3S. The fourth-order valence-corrected chi connectivity index (χ4v) is 4.95. The monoisotopic (exact) mass is 386 g/mol. The SMILES string of the molecule is CCCS(=O)(=O)c1ccccc1C(=O)N1CCN(Cc2ccccc2)CC1. The summed E-state index contributed by atoms with van der Waals surface area (Å²) in [6.45, 7) is 5.47. The van der Waals surface area contributed by atoms with E-state index in [9.17, 15) is 13.2 Å². The second kappa shape index (κ2) is 8.67. The first-order chi connectivity index (χ1) is 13.0. The summed E-state index contributed by atoms with van der Waals surface area (Å²) < 4.78 is 25.0. The van der Waals surface area contributed by atoms with Gasteiger partial charge in [-0.1, -0.05) is 49.4 Å². The number of hydrogen-bond donors (Lipinski definition) is 0. The topological polar surface area (TPSA) is 57.7 Å². The molecule has 0 unspecified atom stereocenters. The van der Waals surface area contributed by atoms with Crippen molar-refractivity contribution in [3.8, 4) is 0 Å². The van der Waals surface area contributed by atoms with Gasteiger partial charge >= 0.3 is 0 Å². The molecule has 2 aromatic rings. The second-order valence-electron chi connectivity index (χ2n) is 6.87. The van der Waals surface area contributed by atoms with Crippen LogP contribution in [0.4, 0.5) is 0 Å². The second-order valence-corrected chi connectivity index (χ2v) is 8.95. The van der Waals surface area contributed by atoms with Crippen molar-refractivity contribution in [3.63, 3.8) is 0 Å². The zero-order valence-corrected chi connectivity index (χ0v) is 16.5. The Labute approximate surface area is 161 Å². The van der Waals surface area contributed by atoms with Gasteiger partial charge in [0.15, 0.2) is 9.84 Å². The van der Waals surface area contributed by atoms with Crippen molar-refractivity contribution in [2.24, 2.45) is 0 Å². The molecule has 27 heavy (non-hydrogen) atoms. The zero-order valence-electron chi connectivity index (χ0n) is 15.7. The van der Waals surface area contributed by atoms with E-state index in [2.05, 4.69) is 17.0 Å². The molecule has 0 aromatic heterocycles. The Balaban J connectivity index is 1.68. The van der Waals surface area contributed by atoms with Gasteiger partial charge in [-0.05, 0) is 24.1 Å². The summed E-state index contributed by atoms with van der Waals surface area (Å²) in [5, 5.41) is 0. The highest BCUT2D eigenvalue weighted by molar-refractivity contribution is 7.91. The first kappa shape index (κ1) is 19.6. The Bertz CT molecular complexity index is 873. The molecule has 0 saturated carbocycles. The van der Waals surface area contributed by atoms with Crippen molar-refractivity contribution >= 4 is 15.7 Å². The minimum Gasteiger partial charge on any atom is -0.336 e. The van der Waals surface area contributed by atoms with Gasteiger partial charge in [-0.25, -0.2) is 8.42 Å². The van der Waals surface area contributed by atoms with Crippen LogP contribution < -0.4 is 0 Å². The van der Waals surface area contributed by atoms with Crippen LogP contribution in [0.2, 0.25) is 0 Å². The van der Waals surface area contributed by atoms with Crippen LogP contribution in [0.15, 0.2) is 59.5 Å². The third-order valence-electron chi connectivity index (χ3n) is 4.83. The molecule has 6 heteroatoms. The molecule has 2 aromatic carbocycles. The lowest BCUT2D eigenvalue weighted by Crippen LogP contribution is -2.48. The molecule has 0 aliphatic carbocycles. The van der Waals surface area contributed by atoms with Crippen molar-refractivity contribution in [2.75, 3.05) is 31.9 Å². The number of benzene rings is 2. The Kier molecular flexibility index (Phi) is 6.29. The van der Waals surface area contributed by atoms with Crippen molar-refractivity contribution in [1.82, 2.24) is 9.80 Å². The number of amides is 1. The third kappa shape index (κ3) is 4.76. The highest BCUT2D eigenvalue weighted by Crippen LogP contribution is 2.20. The fourth-order valence-electron chi connectivity index (χ4n) is 3.41. The lowest BCUT2D eigenvalue weighted by atomic mass is 10.1. The molecule has 1 saturated heterocycles. The summed E-state index contributed by atoms with van der Waals surface area (Å²) in [6, 6.07) is 16.8. The number of hydrogen-bond acceptors (Lipinski definition) is 4. The molecule has 1 amide bonds. The van der Waals surface area contributed by atoms with Gasteiger partial charge in [-0.15, -0.1) is 0 Å². The number of piperazine rings is 1. The first-order valence-corrected chi connectivity index (χ1v) is 11.0. The Morgan fingerprint density at radius 2 is 1.56 bits per heavy atom. The van der Waals surface area contributed by atoms with Gasteiger partial charge in [-0.3, -0.25) is 9.69 Å². The normalized spacial score (nSPS) is 15.7. The molecule has 5 nitrogen and oxygen atoms in total. The molecule has 3 rings (SSSR count). The number of rotatable bonds is 6. The average molecular weight is 387 g/mol. The Hall–Kier alpha value is -2.18. The third-order valence-corrected chi connectivity index (χ3v) is 6.81. The van der Waals surface area contributed by atoms with Gasteiger partial charge in [0.05, 0.1) is 16.2 Å².